The number of aliphatic carboxylic acids is 1. The van der Waals surface area contributed by atoms with E-state index in [1.54, 1.807) is 18.2 Å². The van der Waals surface area contributed by atoms with Crippen LogP contribution in [0.15, 0.2) is 23.9 Å². The largest absolute Gasteiger partial charge is 0.481 e. The first-order valence-corrected chi connectivity index (χ1v) is 7.34. The highest BCUT2D eigenvalue weighted by Gasteiger charge is 2.15. The fraction of sp³-hybridized carbons (Fsp3) is 0.312. The molecule has 1 aromatic rings. The molecule has 24 heavy (non-hydrogen) atoms. The zero-order valence-corrected chi connectivity index (χ0v) is 13.1. The molecule has 8 nitrogen and oxygen atoms in total. The Kier molecular flexibility index (Phi) is 5.78. The third-order valence-corrected chi connectivity index (χ3v) is 3.12. The number of hydrogen-bond acceptors (Lipinski definition) is 5. The molecular weight excluding hydrogens is 316 g/mol. The van der Waals surface area contributed by atoms with Crippen molar-refractivity contribution >= 4 is 23.9 Å². The maximum Gasteiger partial charge on any atom is 0.303 e. The Bertz CT molecular complexity index is 683. The molecule has 0 saturated carbocycles. The van der Waals surface area contributed by atoms with Crippen molar-refractivity contribution in [2.75, 3.05) is 13.3 Å². The second-order valence-electron chi connectivity index (χ2n) is 5.11. The molecule has 1 aliphatic rings. The summed E-state index contributed by atoms with van der Waals surface area (Å²) in [5.41, 5.74) is 0.723. The molecule has 0 bridgehead atoms. The minimum atomic E-state index is -0.928. The van der Waals surface area contributed by atoms with Crippen LogP contribution in [0.2, 0.25) is 0 Å². The molecule has 0 radical (unpaired) electrons. The second kappa shape index (κ2) is 8.00. The summed E-state index contributed by atoms with van der Waals surface area (Å²) < 4.78 is 10.5. The van der Waals surface area contributed by atoms with E-state index in [1.165, 1.54) is 13.0 Å². The van der Waals surface area contributed by atoms with Gasteiger partial charge in [0.2, 0.25) is 12.7 Å². The highest BCUT2D eigenvalue weighted by Crippen LogP contribution is 2.32. The van der Waals surface area contributed by atoms with Crippen LogP contribution in [0.25, 0.3) is 6.08 Å². The Labute approximate surface area is 138 Å². The molecule has 0 saturated heterocycles. The Morgan fingerprint density at radius 3 is 2.71 bits per heavy atom. The number of carbonyl (C=O) groups is 3. The van der Waals surface area contributed by atoms with Gasteiger partial charge in [0.25, 0.3) is 5.91 Å². The highest BCUT2D eigenvalue weighted by molar-refractivity contribution is 6.00. The van der Waals surface area contributed by atoms with Gasteiger partial charge in [-0.2, -0.15) is 0 Å². The zero-order valence-electron chi connectivity index (χ0n) is 13.1. The number of fused-ring (bicyclic) bond motifs is 1. The molecule has 2 amide bonds. The summed E-state index contributed by atoms with van der Waals surface area (Å²) in [6.07, 6.45) is 1.77. The number of rotatable bonds is 7. The molecule has 0 aliphatic carbocycles. The second-order valence-corrected chi connectivity index (χ2v) is 5.11. The smallest absolute Gasteiger partial charge is 0.303 e. The van der Waals surface area contributed by atoms with Crippen molar-refractivity contribution < 1.29 is 29.0 Å². The van der Waals surface area contributed by atoms with Gasteiger partial charge in [0, 0.05) is 19.9 Å². The van der Waals surface area contributed by atoms with Crippen molar-refractivity contribution in [1.29, 1.82) is 0 Å². The van der Waals surface area contributed by atoms with Crippen LogP contribution in [-0.4, -0.2) is 36.2 Å². The maximum absolute atomic E-state index is 12.2. The molecule has 3 N–H and O–H groups in total. The number of nitrogens with one attached hydrogen (secondary N) is 2. The standard InChI is InChI=1S/C16H18N2O6/c1-10(19)18-12(16(22)17-6-2-3-15(20)21)7-11-4-5-13-14(8-11)24-9-23-13/h4-5,7-8H,2-3,6,9H2,1H3,(H,17,22)(H,18,19)(H,20,21)/b12-7+. The van der Waals surface area contributed by atoms with Crippen molar-refractivity contribution in [2.45, 2.75) is 19.8 Å². The highest BCUT2D eigenvalue weighted by atomic mass is 16.7. The molecule has 0 unspecified atom stereocenters. The lowest BCUT2D eigenvalue weighted by Crippen LogP contribution is -2.34. The summed E-state index contributed by atoms with van der Waals surface area (Å²) in [5.74, 6) is -0.627. The van der Waals surface area contributed by atoms with E-state index < -0.39 is 11.9 Å². The number of carboxylic acids is 1. The number of hydrogen-bond donors (Lipinski definition) is 3. The minimum absolute atomic E-state index is 0.0401. The zero-order chi connectivity index (χ0) is 17.5. The predicted molar refractivity (Wildman–Crippen MR) is 84.2 cm³/mol. The van der Waals surface area contributed by atoms with E-state index >= 15 is 0 Å². The van der Waals surface area contributed by atoms with Crippen LogP contribution in [0, 0.1) is 0 Å². The van der Waals surface area contributed by atoms with Gasteiger partial charge < -0.3 is 25.2 Å². The van der Waals surface area contributed by atoms with Crippen LogP contribution in [-0.2, 0) is 14.4 Å². The van der Waals surface area contributed by atoms with E-state index in [1.807, 2.05) is 0 Å². The normalized spacial score (nSPS) is 12.6. The summed E-state index contributed by atoms with van der Waals surface area (Å²) in [7, 11) is 0. The van der Waals surface area contributed by atoms with Crippen molar-refractivity contribution in [3.8, 4) is 11.5 Å². The Morgan fingerprint density at radius 2 is 2.00 bits per heavy atom. The van der Waals surface area contributed by atoms with Gasteiger partial charge in [-0.1, -0.05) is 6.07 Å². The first-order chi connectivity index (χ1) is 11.5. The third kappa shape index (κ3) is 5.01. The van der Waals surface area contributed by atoms with E-state index in [9.17, 15) is 14.4 Å². The van der Waals surface area contributed by atoms with Crippen LogP contribution in [0.4, 0.5) is 0 Å². The van der Waals surface area contributed by atoms with Gasteiger partial charge in [0.1, 0.15) is 5.70 Å². The average Bonchev–Trinajstić information content (AvgIpc) is 2.97. The van der Waals surface area contributed by atoms with Crippen molar-refractivity contribution in [3.63, 3.8) is 0 Å². The summed E-state index contributed by atoms with van der Waals surface area (Å²) >= 11 is 0. The quantitative estimate of drug-likeness (QED) is 0.504. The van der Waals surface area contributed by atoms with E-state index in [2.05, 4.69) is 10.6 Å². The molecule has 0 atom stereocenters. The summed E-state index contributed by atoms with van der Waals surface area (Å²) in [5, 5.41) is 13.6. The molecule has 0 aromatic heterocycles. The van der Waals surface area contributed by atoms with Gasteiger partial charge in [-0.15, -0.1) is 0 Å². The number of carboxylic acid groups (broad SMARTS) is 1. The number of carbonyl (C=O) groups excluding carboxylic acids is 2. The van der Waals surface area contributed by atoms with Gasteiger partial charge in [0.05, 0.1) is 0 Å². The van der Waals surface area contributed by atoms with E-state index in [-0.39, 0.29) is 31.4 Å². The van der Waals surface area contributed by atoms with E-state index in [0.29, 0.717) is 23.5 Å². The molecule has 1 heterocycles. The molecule has 8 heteroatoms. The van der Waals surface area contributed by atoms with Crippen LogP contribution in [0.3, 0.4) is 0 Å². The van der Waals surface area contributed by atoms with E-state index in [0.717, 1.165) is 0 Å². The van der Waals surface area contributed by atoms with Crippen LogP contribution in [0.5, 0.6) is 11.5 Å². The van der Waals surface area contributed by atoms with Crippen LogP contribution < -0.4 is 20.1 Å². The van der Waals surface area contributed by atoms with Gasteiger partial charge in [-0.05, 0) is 30.2 Å². The number of benzene rings is 1. The topological polar surface area (TPSA) is 114 Å². The molecule has 1 aromatic carbocycles. The number of ether oxygens (including phenoxy) is 2. The summed E-state index contributed by atoms with van der Waals surface area (Å²) in [6, 6.07) is 5.14. The third-order valence-electron chi connectivity index (χ3n) is 3.12. The van der Waals surface area contributed by atoms with Crippen LogP contribution in [0.1, 0.15) is 25.3 Å². The molecular formula is C16H18N2O6. The first-order valence-electron chi connectivity index (χ1n) is 7.34. The predicted octanol–water partition coefficient (Wildman–Crippen LogP) is 0.873. The van der Waals surface area contributed by atoms with E-state index in [4.69, 9.17) is 14.6 Å². The van der Waals surface area contributed by atoms with Crippen molar-refractivity contribution in [1.82, 2.24) is 10.6 Å². The molecule has 0 spiro atoms. The van der Waals surface area contributed by atoms with Gasteiger partial charge >= 0.3 is 5.97 Å². The summed E-state index contributed by atoms with van der Waals surface area (Å²) in [6.45, 7) is 1.64. The molecule has 2 rings (SSSR count). The molecule has 1 aliphatic heterocycles. The average molecular weight is 334 g/mol. The van der Waals surface area contributed by atoms with Crippen LogP contribution >= 0.6 is 0 Å². The first kappa shape index (κ1) is 17.3. The lowest BCUT2D eigenvalue weighted by molar-refractivity contribution is -0.137. The fourth-order valence-electron chi connectivity index (χ4n) is 2.05. The van der Waals surface area contributed by atoms with Crippen molar-refractivity contribution in [3.05, 3.63) is 29.5 Å². The van der Waals surface area contributed by atoms with Gasteiger partial charge in [-0.25, -0.2) is 0 Å². The lowest BCUT2D eigenvalue weighted by Gasteiger charge is -2.09. The summed E-state index contributed by atoms with van der Waals surface area (Å²) in [4.78, 5) is 33.9. The molecule has 128 valence electrons. The monoisotopic (exact) mass is 334 g/mol. The maximum atomic E-state index is 12.2. The van der Waals surface area contributed by atoms with Gasteiger partial charge in [-0.3, -0.25) is 14.4 Å². The fourth-order valence-corrected chi connectivity index (χ4v) is 2.05. The van der Waals surface area contributed by atoms with Gasteiger partial charge in [0.15, 0.2) is 11.5 Å². The molecule has 0 fully saturated rings. The Morgan fingerprint density at radius 1 is 1.25 bits per heavy atom. The lowest BCUT2D eigenvalue weighted by atomic mass is 10.1. The Balaban J connectivity index is 2.07. The SMILES string of the molecule is CC(=O)N/C(=C/c1ccc2c(c1)OCO2)C(=O)NCCCC(=O)O. The minimum Gasteiger partial charge on any atom is -0.481 e. The Hall–Kier alpha value is -3.03. The van der Waals surface area contributed by atoms with Crippen molar-refractivity contribution in [2.24, 2.45) is 0 Å². The number of amides is 2.